The average molecular weight is 358 g/mol. The van der Waals surface area contributed by atoms with Gasteiger partial charge in [-0.2, -0.15) is 0 Å². The van der Waals surface area contributed by atoms with Gasteiger partial charge in [-0.15, -0.1) is 11.3 Å². The molecule has 1 N–H and O–H groups in total. The molecule has 25 heavy (non-hydrogen) atoms. The Morgan fingerprint density at radius 2 is 1.88 bits per heavy atom. The quantitative estimate of drug-likeness (QED) is 0.893. The molecule has 1 aliphatic rings. The smallest absolute Gasteiger partial charge is 0.326 e. The number of hydrogen-bond donors (Lipinski definition) is 1. The van der Waals surface area contributed by atoms with Crippen LogP contribution in [0.4, 0.5) is 0 Å². The van der Waals surface area contributed by atoms with Gasteiger partial charge in [-0.3, -0.25) is 4.79 Å². The van der Waals surface area contributed by atoms with Gasteiger partial charge in [0.25, 0.3) is 5.91 Å². The Hall–Kier alpha value is -2.21. The van der Waals surface area contributed by atoms with Gasteiger partial charge >= 0.3 is 5.97 Å². The summed E-state index contributed by atoms with van der Waals surface area (Å²) in [5, 5.41) is 10.5. The topological polar surface area (TPSA) is 70.5 Å². The fraction of sp³-hybridized carbons (Fsp3) is 0.421. The Morgan fingerprint density at radius 3 is 2.44 bits per heavy atom. The number of thiazole rings is 1. The van der Waals surface area contributed by atoms with E-state index in [1.807, 2.05) is 31.2 Å². The molecular weight excluding hydrogens is 336 g/mol. The lowest BCUT2D eigenvalue weighted by molar-refractivity contribution is -0.142. The zero-order valence-corrected chi connectivity index (χ0v) is 15.7. The van der Waals surface area contributed by atoms with Gasteiger partial charge in [0.1, 0.15) is 10.9 Å². The number of amides is 1. The number of rotatable bonds is 2. The molecule has 2 heterocycles. The Bertz CT molecular complexity index is 835. The minimum Gasteiger partial charge on any atom is -0.480 e. The van der Waals surface area contributed by atoms with Crippen molar-refractivity contribution in [3.8, 4) is 0 Å². The first-order chi connectivity index (χ1) is 11.7. The molecule has 1 aliphatic heterocycles. The van der Waals surface area contributed by atoms with Crippen LogP contribution in [-0.2, 0) is 23.2 Å². The number of aliphatic carboxylic acids is 1. The van der Waals surface area contributed by atoms with Crippen LogP contribution in [0.1, 0.15) is 52.3 Å². The summed E-state index contributed by atoms with van der Waals surface area (Å²) < 4.78 is 0. The lowest BCUT2D eigenvalue weighted by atomic mass is 9.94. The van der Waals surface area contributed by atoms with E-state index < -0.39 is 12.0 Å². The number of hydrogen-bond acceptors (Lipinski definition) is 4. The van der Waals surface area contributed by atoms with Gasteiger partial charge in [0.2, 0.25) is 0 Å². The van der Waals surface area contributed by atoms with Crippen molar-refractivity contribution >= 4 is 23.2 Å². The molecule has 1 atom stereocenters. The van der Waals surface area contributed by atoms with Crippen molar-refractivity contribution in [3.63, 3.8) is 0 Å². The van der Waals surface area contributed by atoms with E-state index >= 15 is 0 Å². The Kier molecular flexibility index (Phi) is 4.41. The highest BCUT2D eigenvalue weighted by atomic mass is 32.1. The van der Waals surface area contributed by atoms with Crippen LogP contribution in [0, 0.1) is 6.92 Å². The van der Waals surface area contributed by atoms with Crippen LogP contribution in [-0.4, -0.2) is 32.9 Å². The zero-order chi connectivity index (χ0) is 18.4. The predicted molar refractivity (Wildman–Crippen MR) is 97.0 cm³/mol. The van der Waals surface area contributed by atoms with Crippen LogP contribution in [0.2, 0.25) is 0 Å². The SMILES string of the molecule is Cc1nc(C(C)(C)C)sc1C(=O)N1Cc2ccccc2CC1C(=O)O. The van der Waals surface area contributed by atoms with Crippen LogP contribution >= 0.6 is 11.3 Å². The maximum atomic E-state index is 13.1. The van der Waals surface area contributed by atoms with E-state index in [2.05, 4.69) is 25.8 Å². The van der Waals surface area contributed by atoms with E-state index in [-0.39, 0.29) is 11.3 Å². The monoisotopic (exact) mass is 358 g/mol. The minimum absolute atomic E-state index is 0.144. The van der Waals surface area contributed by atoms with Crippen molar-refractivity contribution in [2.45, 2.75) is 52.1 Å². The molecule has 1 unspecified atom stereocenters. The fourth-order valence-corrected chi connectivity index (χ4v) is 4.08. The van der Waals surface area contributed by atoms with Crippen LogP contribution in [0.5, 0.6) is 0 Å². The average Bonchev–Trinajstić information content (AvgIpc) is 2.95. The largest absolute Gasteiger partial charge is 0.480 e. The number of nitrogens with zero attached hydrogens (tertiary/aromatic N) is 2. The number of benzene rings is 1. The number of carbonyl (C=O) groups excluding carboxylic acids is 1. The van der Waals surface area contributed by atoms with E-state index in [1.165, 1.54) is 16.2 Å². The van der Waals surface area contributed by atoms with E-state index in [4.69, 9.17) is 0 Å². The molecule has 0 aliphatic carbocycles. The summed E-state index contributed by atoms with van der Waals surface area (Å²) in [4.78, 5) is 31.4. The molecular formula is C19H22N2O3S. The van der Waals surface area contributed by atoms with E-state index in [0.29, 0.717) is 23.5 Å². The van der Waals surface area contributed by atoms with Crippen molar-refractivity contribution in [1.29, 1.82) is 0 Å². The summed E-state index contributed by atoms with van der Waals surface area (Å²) in [6.07, 6.45) is 0.335. The summed E-state index contributed by atoms with van der Waals surface area (Å²) in [5.74, 6) is -1.21. The summed E-state index contributed by atoms with van der Waals surface area (Å²) >= 11 is 1.37. The second kappa shape index (κ2) is 6.26. The third kappa shape index (κ3) is 3.31. The van der Waals surface area contributed by atoms with Gasteiger partial charge in [0.05, 0.1) is 10.7 Å². The highest BCUT2D eigenvalue weighted by molar-refractivity contribution is 7.14. The van der Waals surface area contributed by atoms with Crippen molar-refractivity contribution in [2.24, 2.45) is 0 Å². The Labute approximate surface area is 151 Å². The van der Waals surface area contributed by atoms with Crippen molar-refractivity contribution in [3.05, 3.63) is 51.0 Å². The van der Waals surface area contributed by atoms with E-state index in [9.17, 15) is 14.7 Å². The van der Waals surface area contributed by atoms with Gasteiger partial charge in [-0.25, -0.2) is 9.78 Å². The van der Waals surface area contributed by atoms with Gasteiger partial charge in [0, 0.05) is 18.4 Å². The van der Waals surface area contributed by atoms with Gasteiger partial charge in [-0.05, 0) is 18.1 Å². The minimum atomic E-state index is -0.971. The highest BCUT2D eigenvalue weighted by Gasteiger charge is 2.36. The Morgan fingerprint density at radius 1 is 1.24 bits per heavy atom. The third-order valence-corrected chi connectivity index (χ3v) is 6.00. The normalized spacial score (nSPS) is 17.3. The zero-order valence-electron chi connectivity index (χ0n) is 14.9. The molecule has 5 nitrogen and oxygen atoms in total. The van der Waals surface area contributed by atoms with Crippen LogP contribution in [0.15, 0.2) is 24.3 Å². The van der Waals surface area contributed by atoms with Crippen LogP contribution < -0.4 is 0 Å². The van der Waals surface area contributed by atoms with Gasteiger partial charge in [-0.1, -0.05) is 45.0 Å². The standard InChI is InChI=1S/C19H22N2O3S/c1-11-15(25-18(20-11)19(2,3)4)16(22)21-10-13-8-6-5-7-12(13)9-14(21)17(23)24/h5-8,14H,9-10H2,1-4H3,(H,23,24). The summed E-state index contributed by atoms with van der Waals surface area (Å²) in [6, 6.07) is 6.86. The van der Waals surface area contributed by atoms with E-state index in [1.54, 1.807) is 0 Å². The first-order valence-corrected chi connectivity index (χ1v) is 9.08. The molecule has 0 fully saturated rings. The second-order valence-corrected chi connectivity index (χ2v) is 8.44. The first kappa shape index (κ1) is 17.6. The maximum Gasteiger partial charge on any atom is 0.326 e. The molecule has 0 radical (unpaired) electrons. The summed E-state index contributed by atoms with van der Waals surface area (Å²) in [6.45, 7) is 8.28. The van der Waals surface area contributed by atoms with Crippen LogP contribution in [0.25, 0.3) is 0 Å². The number of aromatic nitrogens is 1. The Balaban J connectivity index is 1.98. The number of carbonyl (C=O) groups is 2. The lowest BCUT2D eigenvalue weighted by Crippen LogP contribution is -2.48. The summed E-state index contributed by atoms with van der Waals surface area (Å²) in [7, 11) is 0. The molecule has 3 rings (SSSR count). The molecule has 0 bridgehead atoms. The molecule has 0 spiro atoms. The lowest BCUT2D eigenvalue weighted by Gasteiger charge is -2.34. The number of carboxylic acid groups (broad SMARTS) is 1. The fourth-order valence-electron chi connectivity index (χ4n) is 3.00. The molecule has 1 aromatic heterocycles. The van der Waals surface area contributed by atoms with Crippen molar-refractivity contribution < 1.29 is 14.7 Å². The highest BCUT2D eigenvalue weighted by Crippen LogP contribution is 2.32. The molecule has 0 saturated carbocycles. The molecule has 1 aromatic carbocycles. The molecule has 2 aromatic rings. The molecule has 6 heteroatoms. The van der Waals surface area contributed by atoms with Crippen LogP contribution in [0.3, 0.4) is 0 Å². The first-order valence-electron chi connectivity index (χ1n) is 8.27. The molecule has 0 saturated heterocycles. The second-order valence-electron chi connectivity index (χ2n) is 7.44. The number of aryl methyl sites for hydroxylation is 1. The third-order valence-electron chi connectivity index (χ3n) is 4.43. The van der Waals surface area contributed by atoms with Gasteiger partial charge < -0.3 is 10.0 Å². The van der Waals surface area contributed by atoms with Gasteiger partial charge in [0.15, 0.2) is 0 Å². The molecule has 132 valence electrons. The van der Waals surface area contributed by atoms with Crippen molar-refractivity contribution in [2.75, 3.05) is 0 Å². The maximum absolute atomic E-state index is 13.1. The van der Waals surface area contributed by atoms with Crippen molar-refractivity contribution in [1.82, 2.24) is 9.88 Å². The number of fused-ring (bicyclic) bond motifs is 1. The summed E-state index contributed by atoms with van der Waals surface area (Å²) in [5.41, 5.74) is 2.53. The predicted octanol–water partition coefficient (Wildman–Crippen LogP) is 3.40. The number of carboxylic acids is 1. The van der Waals surface area contributed by atoms with E-state index in [0.717, 1.165) is 16.1 Å². The molecule has 1 amide bonds.